The lowest BCUT2D eigenvalue weighted by atomic mass is 9.95. The average Bonchev–Trinajstić information content (AvgIpc) is 3.26. The third kappa shape index (κ3) is 5.49. The number of thioether (sulfide) groups is 1. The third-order valence-electron chi connectivity index (χ3n) is 5.88. The van der Waals surface area contributed by atoms with Crippen molar-refractivity contribution in [1.82, 2.24) is 20.1 Å². The van der Waals surface area contributed by atoms with Gasteiger partial charge in [0.05, 0.1) is 27.1 Å². The molecule has 1 N–H and O–H groups in total. The Labute approximate surface area is 194 Å². The van der Waals surface area contributed by atoms with Crippen molar-refractivity contribution in [3.05, 3.63) is 12.1 Å². The molecule has 3 rings (SSSR count). The maximum Gasteiger partial charge on any atom is 0.230 e. The molecule has 1 aliphatic carbocycles. The fourth-order valence-corrected chi connectivity index (χ4v) is 4.82. The van der Waals surface area contributed by atoms with Crippen molar-refractivity contribution in [2.45, 2.75) is 69.6 Å². The molecule has 9 heteroatoms. The summed E-state index contributed by atoms with van der Waals surface area (Å²) in [6.07, 6.45) is 6.65. The van der Waals surface area contributed by atoms with E-state index in [0.717, 1.165) is 35.8 Å². The zero-order valence-corrected chi connectivity index (χ0v) is 20.5. The minimum Gasteiger partial charge on any atom is -0.493 e. The Bertz CT molecular complexity index is 886. The molecule has 1 unspecified atom stereocenters. The van der Waals surface area contributed by atoms with Crippen LogP contribution in [-0.4, -0.2) is 53.8 Å². The molecule has 1 atom stereocenters. The van der Waals surface area contributed by atoms with E-state index in [9.17, 15) is 4.79 Å². The van der Waals surface area contributed by atoms with Gasteiger partial charge in [-0.05, 0) is 38.3 Å². The van der Waals surface area contributed by atoms with Crippen LogP contribution in [0.15, 0.2) is 17.3 Å². The fourth-order valence-electron chi connectivity index (χ4n) is 4.00. The molecule has 0 spiro atoms. The van der Waals surface area contributed by atoms with Crippen LogP contribution >= 0.6 is 11.8 Å². The van der Waals surface area contributed by atoms with E-state index in [4.69, 9.17) is 14.2 Å². The molecule has 0 saturated heterocycles. The van der Waals surface area contributed by atoms with Crippen LogP contribution in [0.4, 0.5) is 0 Å². The average molecular weight is 463 g/mol. The second-order valence-electron chi connectivity index (χ2n) is 8.05. The number of carbonyl (C=O) groups is 1. The quantitative estimate of drug-likeness (QED) is 0.521. The van der Waals surface area contributed by atoms with Gasteiger partial charge in [0, 0.05) is 17.6 Å². The molecule has 32 heavy (non-hydrogen) atoms. The van der Waals surface area contributed by atoms with Crippen molar-refractivity contribution in [3.8, 4) is 28.6 Å². The molecule has 2 aromatic rings. The van der Waals surface area contributed by atoms with Crippen molar-refractivity contribution in [2.24, 2.45) is 0 Å². The van der Waals surface area contributed by atoms with Crippen LogP contribution in [0.25, 0.3) is 11.4 Å². The Hall–Kier alpha value is -2.42. The monoisotopic (exact) mass is 462 g/mol. The molecule has 8 nitrogen and oxygen atoms in total. The number of methoxy groups -OCH3 is 3. The summed E-state index contributed by atoms with van der Waals surface area (Å²) in [6.45, 7) is 4.07. The van der Waals surface area contributed by atoms with Gasteiger partial charge in [-0.1, -0.05) is 37.9 Å². The number of ether oxygens (including phenoxy) is 3. The summed E-state index contributed by atoms with van der Waals surface area (Å²) in [5.74, 6) is 2.76. The van der Waals surface area contributed by atoms with Crippen LogP contribution in [0.3, 0.4) is 0 Å². The molecule has 1 aliphatic rings. The Morgan fingerprint density at radius 1 is 1.12 bits per heavy atom. The van der Waals surface area contributed by atoms with Gasteiger partial charge in [0.25, 0.3) is 0 Å². The molecule has 1 saturated carbocycles. The lowest BCUT2D eigenvalue weighted by molar-refractivity contribution is -0.119. The van der Waals surface area contributed by atoms with E-state index >= 15 is 0 Å². The predicted molar refractivity (Wildman–Crippen MR) is 126 cm³/mol. The largest absolute Gasteiger partial charge is 0.493 e. The van der Waals surface area contributed by atoms with Gasteiger partial charge in [0.15, 0.2) is 22.5 Å². The molecular weight excluding hydrogens is 428 g/mol. The summed E-state index contributed by atoms with van der Waals surface area (Å²) in [5, 5.41) is 12.8. The summed E-state index contributed by atoms with van der Waals surface area (Å²) >= 11 is 1.43. The van der Waals surface area contributed by atoms with E-state index in [1.807, 2.05) is 19.1 Å². The number of hydrogen-bond acceptors (Lipinski definition) is 7. The topological polar surface area (TPSA) is 87.5 Å². The second kappa shape index (κ2) is 11.4. The fraction of sp³-hybridized carbons (Fsp3) is 0.609. The molecule has 1 aromatic carbocycles. The Morgan fingerprint density at radius 3 is 2.34 bits per heavy atom. The van der Waals surface area contributed by atoms with E-state index in [0.29, 0.717) is 29.0 Å². The highest BCUT2D eigenvalue weighted by atomic mass is 32.2. The first-order chi connectivity index (χ1) is 15.5. The smallest absolute Gasteiger partial charge is 0.230 e. The lowest BCUT2D eigenvalue weighted by Gasteiger charge is -2.26. The molecule has 0 bridgehead atoms. The second-order valence-corrected chi connectivity index (χ2v) is 8.99. The molecule has 176 valence electrons. The predicted octanol–water partition coefficient (Wildman–Crippen LogP) is 4.48. The zero-order chi connectivity index (χ0) is 23.1. The van der Waals surface area contributed by atoms with Crippen LogP contribution in [-0.2, 0) is 4.79 Å². The number of benzene rings is 1. The van der Waals surface area contributed by atoms with Gasteiger partial charge in [-0.15, -0.1) is 10.2 Å². The Morgan fingerprint density at radius 2 is 1.78 bits per heavy atom. The van der Waals surface area contributed by atoms with Crippen LogP contribution in [0.2, 0.25) is 0 Å². The number of carbonyl (C=O) groups excluding carboxylic acids is 1. The van der Waals surface area contributed by atoms with Gasteiger partial charge in [0.1, 0.15) is 0 Å². The van der Waals surface area contributed by atoms with Gasteiger partial charge in [-0.3, -0.25) is 9.36 Å². The molecule has 1 aromatic heterocycles. The van der Waals surface area contributed by atoms with E-state index in [1.54, 1.807) is 21.3 Å². The first kappa shape index (κ1) is 24.2. The standard InChI is InChI=1S/C23H34N4O4S/c1-6-15(2)24-20(28)14-32-23-26-25-22(27(23)17-10-8-7-9-11-17)16-12-18(29-3)21(31-5)19(13-16)30-4/h12-13,15,17H,6-11,14H2,1-5H3,(H,24,28). The number of rotatable bonds is 10. The van der Waals surface area contributed by atoms with Crippen LogP contribution in [0.5, 0.6) is 17.2 Å². The van der Waals surface area contributed by atoms with Gasteiger partial charge in [-0.2, -0.15) is 0 Å². The van der Waals surface area contributed by atoms with E-state index < -0.39 is 0 Å². The van der Waals surface area contributed by atoms with Gasteiger partial charge >= 0.3 is 0 Å². The van der Waals surface area contributed by atoms with Crippen molar-refractivity contribution in [3.63, 3.8) is 0 Å². The molecule has 1 amide bonds. The maximum atomic E-state index is 12.4. The lowest BCUT2D eigenvalue weighted by Crippen LogP contribution is -2.33. The van der Waals surface area contributed by atoms with E-state index in [1.165, 1.54) is 31.0 Å². The van der Waals surface area contributed by atoms with Gasteiger partial charge < -0.3 is 19.5 Å². The molecule has 1 heterocycles. The zero-order valence-electron chi connectivity index (χ0n) is 19.6. The normalized spacial score (nSPS) is 15.3. The minimum absolute atomic E-state index is 0.0110. The summed E-state index contributed by atoms with van der Waals surface area (Å²) in [7, 11) is 4.79. The molecular formula is C23H34N4O4S. The highest BCUT2D eigenvalue weighted by Gasteiger charge is 2.26. The van der Waals surface area contributed by atoms with Crippen LogP contribution in [0.1, 0.15) is 58.4 Å². The minimum atomic E-state index is 0.0110. The third-order valence-corrected chi connectivity index (χ3v) is 6.82. The maximum absolute atomic E-state index is 12.4. The van der Waals surface area contributed by atoms with Crippen molar-refractivity contribution in [1.29, 1.82) is 0 Å². The van der Waals surface area contributed by atoms with Crippen molar-refractivity contribution in [2.75, 3.05) is 27.1 Å². The summed E-state index contributed by atoms with van der Waals surface area (Å²) in [6, 6.07) is 4.26. The summed E-state index contributed by atoms with van der Waals surface area (Å²) in [4.78, 5) is 12.4. The first-order valence-corrected chi connectivity index (χ1v) is 12.2. The van der Waals surface area contributed by atoms with Gasteiger partial charge in [-0.25, -0.2) is 0 Å². The van der Waals surface area contributed by atoms with Crippen molar-refractivity contribution >= 4 is 17.7 Å². The number of nitrogens with zero attached hydrogens (tertiary/aromatic N) is 3. The molecule has 0 radical (unpaired) electrons. The number of nitrogens with one attached hydrogen (secondary N) is 1. The number of amides is 1. The molecule has 0 aliphatic heterocycles. The number of hydrogen-bond donors (Lipinski definition) is 1. The Kier molecular flexibility index (Phi) is 8.67. The van der Waals surface area contributed by atoms with Crippen molar-refractivity contribution < 1.29 is 19.0 Å². The summed E-state index contributed by atoms with van der Waals surface area (Å²) in [5.41, 5.74) is 0.841. The van der Waals surface area contributed by atoms with E-state index in [-0.39, 0.29) is 11.9 Å². The highest BCUT2D eigenvalue weighted by molar-refractivity contribution is 7.99. The molecule has 1 fully saturated rings. The summed E-state index contributed by atoms with van der Waals surface area (Å²) < 4.78 is 18.7. The van der Waals surface area contributed by atoms with E-state index in [2.05, 4.69) is 27.0 Å². The first-order valence-electron chi connectivity index (χ1n) is 11.2. The van der Waals surface area contributed by atoms with Crippen LogP contribution < -0.4 is 19.5 Å². The SMILES string of the molecule is CCC(C)NC(=O)CSc1nnc(-c2cc(OC)c(OC)c(OC)c2)n1C1CCCCC1. The highest BCUT2D eigenvalue weighted by Crippen LogP contribution is 2.42. The Balaban J connectivity index is 1.97. The van der Waals surface area contributed by atoms with Crippen LogP contribution in [0, 0.1) is 0 Å². The van der Waals surface area contributed by atoms with Gasteiger partial charge in [0.2, 0.25) is 11.7 Å². The number of aromatic nitrogens is 3.